The molecule has 0 saturated carbocycles. The first-order valence-electron chi connectivity index (χ1n) is 4.54. The van der Waals surface area contributed by atoms with Gasteiger partial charge in [-0.25, -0.2) is 4.39 Å². The molecule has 0 aliphatic heterocycles. The van der Waals surface area contributed by atoms with E-state index in [0.29, 0.717) is 15.9 Å². The molecule has 0 fully saturated rings. The fourth-order valence-corrected chi connectivity index (χ4v) is 1.77. The summed E-state index contributed by atoms with van der Waals surface area (Å²) >= 11 is 1.85. The minimum atomic E-state index is -0.936. The molecule has 0 aliphatic rings. The van der Waals surface area contributed by atoms with Crippen LogP contribution in [0.5, 0.6) is 0 Å². The highest BCUT2D eigenvalue weighted by atomic mass is 127. The van der Waals surface area contributed by atoms with Crippen LogP contribution in [0.2, 0.25) is 0 Å². The topological polar surface area (TPSA) is 46.2 Å². The second-order valence-corrected chi connectivity index (χ2v) is 5.88. The van der Waals surface area contributed by atoms with Crippen LogP contribution in [0.25, 0.3) is 0 Å². The quantitative estimate of drug-likeness (QED) is 0.833. The van der Waals surface area contributed by atoms with Crippen LogP contribution in [0, 0.1) is 9.39 Å². The lowest BCUT2D eigenvalue weighted by atomic mass is 10.2. The van der Waals surface area contributed by atoms with E-state index in [4.69, 9.17) is 0 Å². The Labute approximate surface area is 109 Å². The van der Waals surface area contributed by atoms with Crippen LogP contribution in [-0.4, -0.2) is 28.7 Å². The maximum atomic E-state index is 13.2. The highest BCUT2D eigenvalue weighted by molar-refractivity contribution is 14.1. The molecule has 3 nitrogen and oxygen atoms in total. The molecule has 1 aromatic carbocycles. The molecule has 0 aromatic heterocycles. The summed E-state index contributed by atoms with van der Waals surface area (Å²) < 4.78 is 24.4. The molecule has 0 radical (unpaired) electrons. The number of amides is 1. The molecule has 1 atom stereocenters. The minimum Gasteiger partial charge on any atom is -0.351 e. The van der Waals surface area contributed by atoms with Crippen LogP contribution in [0.3, 0.4) is 0 Å². The summed E-state index contributed by atoms with van der Waals surface area (Å²) in [6.07, 6.45) is 1.57. The first kappa shape index (κ1) is 13.6. The third-order valence-corrected chi connectivity index (χ3v) is 3.51. The lowest BCUT2D eigenvalue weighted by Crippen LogP contribution is -2.27. The van der Waals surface area contributed by atoms with Crippen molar-refractivity contribution in [2.45, 2.75) is 0 Å². The number of benzene rings is 1. The fourth-order valence-electron chi connectivity index (χ4n) is 1.05. The van der Waals surface area contributed by atoms with E-state index in [-0.39, 0.29) is 11.5 Å². The summed E-state index contributed by atoms with van der Waals surface area (Å²) in [7, 11) is -0.936. The van der Waals surface area contributed by atoms with Gasteiger partial charge >= 0.3 is 0 Å². The summed E-state index contributed by atoms with van der Waals surface area (Å²) in [5, 5.41) is 2.58. The summed E-state index contributed by atoms with van der Waals surface area (Å²) in [6, 6.07) is 4.30. The van der Waals surface area contributed by atoms with E-state index in [1.165, 1.54) is 6.07 Å². The highest BCUT2D eigenvalue weighted by Gasteiger charge is 2.07. The Morgan fingerprint density at radius 3 is 2.81 bits per heavy atom. The van der Waals surface area contributed by atoms with Gasteiger partial charge in [0.15, 0.2) is 0 Å². The van der Waals surface area contributed by atoms with Gasteiger partial charge in [0.05, 0.1) is 0 Å². The van der Waals surface area contributed by atoms with Gasteiger partial charge in [-0.05, 0) is 40.8 Å². The molecule has 6 heteroatoms. The Kier molecular flexibility index (Phi) is 5.33. The Bertz CT molecular complexity index is 425. The van der Waals surface area contributed by atoms with Crippen molar-refractivity contribution in [3.63, 3.8) is 0 Å². The maximum absolute atomic E-state index is 13.2. The number of carbonyl (C=O) groups excluding carboxylic acids is 1. The largest absolute Gasteiger partial charge is 0.351 e. The third kappa shape index (κ3) is 4.17. The lowest BCUT2D eigenvalue weighted by Gasteiger charge is -2.04. The Hall–Kier alpha value is -0.500. The van der Waals surface area contributed by atoms with Gasteiger partial charge in [0.2, 0.25) is 0 Å². The van der Waals surface area contributed by atoms with Crippen molar-refractivity contribution >= 4 is 39.3 Å². The molecule has 1 amide bonds. The van der Waals surface area contributed by atoms with Crippen molar-refractivity contribution in [1.29, 1.82) is 0 Å². The van der Waals surface area contributed by atoms with Gasteiger partial charge in [-0.1, -0.05) is 0 Å². The molecular formula is C10H11FINO2S. The maximum Gasteiger partial charge on any atom is 0.251 e. The van der Waals surface area contributed by atoms with Crippen molar-refractivity contribution in [2.75, 3.05) is 18.6 Å². The van der Waals surface area contributed by atoms with Crippen molar-refractivity contribution in [2.24, 2.45) is 0 Å². The lowest BCUT2D eigenvalue weighted by molar-refractivity contribution is 0.0955. The normalized spacial score (nSPS) is 12.2. The molecule has 88 valence electrons. The van der Waals surface area contributed by atoms with Gasteiger partial charge in [-0.15, -0.1) is 0 Å². The molecule has 1 rings (SSSR count). The number of nitrogens with one attached hydrogen (secondary N) is 1. The highest BCUT2D eigenvalue weighted by Crippen LogP contribution is 2.12. The number of hydrogen-bond donors (Lipinski definition) is 1. The van der Waals surface area contributed by atoms with Gasteiger partial charge in [0.25, 0.3) is 5.91 Å². The monoisotopic (exact) mass is 355 g/mol. The van der Waals surface area contributed by atoms with Crippen LogP contribution < -0.4 is 5.32 Å². The van der Waals surface area contributed by atoms with Crippen molar-refractivity contribution in [3.8, 4) is 0 Å². The van der Waals surface area contributed by atoms with Crippen molar-refractivity contribution < 1.29 is 13.4 Å². The van der Waals surface area contributed by atoms with E-state index in [2.05, 4.69) is 5.32 Å². The predicted octanol–water partition coefficient (Wildman–Crippen LogP) is 1.54. The Morgan fingerprint density at radius 1 is 1.56 bits per heavy atom. The predicted molar refractivity (Wildman–Crippen MR) is 70.4 cm³/mol. The summed E-state index contributed by atoms with van der Waals surface area (Å²) in [4.78, 5) is 11.5. The second-order valence-electron chi connectivity index (χ2n) is 3.16. The number of hydrogen-bond acceptors (Lipinski definition) is 2. The first-order chi connectivity index (χ1) is 7.50. The molecule has 0 spiro atoms. The molecule has 0 aliphatic carbocycles. The molecule has 1 aromatic rings. The number of rotatable bonds is 4. The van der Waals surface area contributed by atoms with E-state index >= 15 is 0 Å². The van der Waals surface area contributed by atoms with E-state index in [0.717, 1.165) is 0 Å². The van der Waals surface area contributed by atoms with Crippen LogP contribution in [0.1, 0.15) is 10.4 Å². The zero-order chi connectivity index (χ0) is 12.1. The van der Waals surface area contributed by atoms with E-state index in [1.54, 1.807) is 18.4 Å². The molecule has 0 bridgehead atoms. The van der Waals surface area contributed by atoms with E-state index in [9.17, 15) is 13.4 Å². The van der Waals surface area contributed by atoms with Crippen LogP contribution in [-0.2, 0) is 10.8 Å². The SMILES string of the molecule is C[S@](=O)CCNC(=O)c1ccc(I)c(F)c1. The van der Waals surface area contributed by atoms with Gasteiger partial charge < -0.3 is 5.32 Å². The molecule has 16 heavy (non-hydrogen) atoms. The smallest absolute Gasteiger partial charge is 0.251 e. The standard InChI is InChI=1S/C10H11FINO2S/c1-16(15)5-4-13-10(14)7-2-3-9(12)8(11)6-7/h2-3,6H,4-5H2,1H3,(H,13,14)/t16-/m0/s1. The fraction of sp³-hybridized carbons (Fsp3) is 0.300. The second kappa shape index (κ2) is 6.29. The third-order valence-electron chi connectivity index (χ3n) is 1.86. The summed E-state index contributed by atoms with van der Waals surface area (Å²) in [5.74, 6) is -0.355. The average Bonchev–Trinajstić information content (AvgIpc) is 2.21. The molecular weight excluding hydrogens is 344 g/mol. The number of halogens is 2. The van der Waals surface area contributed by atoms with Crippen LogP contribution in [0.15, 0.2) is 18.2 Å². The molecule has 1 N–H and O–H groups in total. The zero-order valence-corrected chi connectivity index (χ0v) is 11.6. The van der Waals surface area contributed by atoms with Crippen molar-refractivity contribution in [3.05, 3.63) is 33.1 Å². The van der Waals surface area contributed by atoms with Crippen molar-refractivity contribution in [1.82, 2.24) is 5.32 Å². The van der Waals surface area contributed by atoms with Gasteiger partial charge in [-0.2, -0.15) is 0 Å². The zero-order valence-electron chi connectivity index (χ0n) is 8.63. The molecule has 0 heterocycles. The van der Waals surface area contributed by atoms with Gasteiger partial charge in [0.1, 0.15) is 5.82 Å². The molecule has 0 saturated heterocycles. The van der Waals surface area contributed by atoms with E-state index < -0.39 is 16.6 Å². The minimum absolute atomic E-state index is 0.278. The van der Waals surface area contributed by atoms with Crippen LogP contribution >= 0.6 is 22.6 Å². The van der Waals surface area contributed by atoms with Gasteiger partial charge in [-0.3, -0.25) is 9.00 Å². The van der Waals surface area contributed by atoms with Gasteiger partial charge in [0, 0.05) is 38.5 Å². The van der Waals surface area contributed by atoms with E-state index in [1.807, 2.05) is 22.6 Å². The van der Waals surface area contributed by atoms with Crippen LogP contribution in [0.4, 0.5) is 4.39 Å². The summed E-state index contributed by atoms with van der Waals surface area (Å²) in [5.41, 5.74) is 0.278. The Balaban J connectivity index is 2.59. The number of carbonyl (C=O) groups is 1. The summed E-state index contributed by atoms with van der Waals surface area (Å²) in [6.45, 7) is 0.329. The Morgan fingerprint density at radius 2 is 2.25 bits per heavy atom. The first-order valence-corrected chi connectivity index (χ1v) is 7.34. The average molecular weight is 355 g/mol. The molecule has 0 unspecified atom stereocenters.